The van der Waals surface area contributed by atoms with Crippen LogP contribution in [-0.4, -0.2) is 47.1 Å². The molecule has 37 heavy (non-hydrogen) atoms. The molecule has 1 heterocycles. The van der Waals surface area contributed by atoms with E-state index < -0.39 is 17.7 Å². The standard InChI is InChI=1S/C30H35NO6/c1-30(2,3)36-29(34)37-31-17-16-26(24-13-8-21(9-14-24)11-15-28(32)33)27(19-31)35-20-22-10-12-23-6-4-5-7-25(23)18-22/h4-10,12-14,18,26-27H,11,15-17,19-20H2,1-3H3,(H,32,33). The van der Waals surface area contributed by atoms with Gasteiger partial charge in [0.2, 0.25) is 0 Å². The fourth-order valence-electron chi connectivity index (χ4n) is 4.61. The summed E-state index contributed by atoms with van der Waals surface area (Å²) in [7, 11) is 0. The lowest BCUT2D eigenvalue weighted by Crippen LogP contribution is -2.45. The number of aliphatic carboxylic acids is 1. The SMILES string of the molecule is CC(C)(C)OC(=O)ON1CCC(c2ccc(CCC(=O)O)cc2)C(OCc2ccc3ccccc3c2)C1. The molecule has 0 bridgehead atoms. The molecule has 1 saturated heterocycles. The zero-order valence-electron chi connectivity index (χ0n) is 21.7. The van der Waals surface area contributed by atoms with Crippen LogP contribution >= 0.6 is 0 Å². The van der Waals surface area contributed by atoms with Crippen molar-refractivity contribution in [2.45, 2.75) is 64.3 Å². The fourth-order valence-corrected chi connectivity index (χ4v) is 4.61. The van der Waals surface area contributed by atoms with Gasteiger partial charge in [-0.2, -0.15) is 0 Å². The summed E-state index contributed by atoms with van der Waals surface area (Å²) in [6.45, 7) is 6.81. The highest BCUT2D eigenvalue weighted by Crippen LogP contribution is 2.32. The van der Waals surface area contributed by atoms with Gasteiger partial charge in [-0.05, 0) is 67.1 Å². The zero-order chi connectivity index (χ0) is 26.4. The molecule has 0 amide bonds. The Hall–Kier alpha value is -3.42. The highest BCUT2D eigenvalue weighted by Gasteiger charge is 2.34. The molecule has 0 aliphatic carbocycles. The van der Waals surface area contributed by atoms with Crippen molar-refractivity contribution < 1.29 is 29.0 Å². The predicted molar refractivity (Wildman–Crippen MR) is 141 cm³/mol. The Morgan fingerprint density at radius 1 is 0.973 bits per heavy atom. The summed E-state index contributed by atoms with van der Waals surface area (Å²) >= 11 is 0. The number of rotatable bonds is 8. The van der Waals surface area contributed by atoms with Gasteiger partial charge in [-0.1, -0.05) is 60.7 Å². The fraction of sp³-hybridized carbons (Fsp3) is 0.400. The molecule has 196 valence electrons. The number of aryl methyl sites for hydroxylation is 1. The van der Waals surface area contributed by atoms with Crippen molar-refractivity contribution in [1.29, 1.82) is 0 Å². The Balaban J connectivity index is 1.47. The van der Waals surface area contributed by atoms with Crippen LogP contribution in [0.25, 0.3) is 10.8 Å². The normalized spacial score (nSPS) is 18.5. The summed E-state index contributed by atoms with van der Waals surface area (Å²) in [5.74, 6) is -0.698. The molecule has 1 fully saturated rings. The van der Waals surface area contributed by atoms with E-state index >= 15 is 0 Å². The van der Waals surface area contributed by atoms with Crippen LogP contribution < -0.4 is 0 Å². The van der Waals surface area contributed by atoms with E-state index in [0.717, 1.165) is 28.5 Å². The van der Waals surface area contributed by atoms with E-state index in [1.165, 1.54) is 5.39 Å². The first-order valence-electron chi connectivity index (χ1n) is 12.7. The van der Waals surface area contributed by atoms with Gasteiger partial charge in [-0.15, -0.1) is 5.06 Å². The number of hydrogen-bond acceptors (Lipinski definition) is 6. The molecule has 7 nitrogen and oxygen atoms in total. The van der Waals surface area contributed by atoms with Crippen molar-refractivity contribution in [3.8, 4) is 0 Å². The van der Waals surface area contributed by atoms with Crippen LogP contribution in [0.1, 0.15) is 56.2 Å². The van der Waals surface area contributed by atoms with Gasteiger partial charge in [0.15, 0.2) is 0 Å². The second-order valence-corrected chi connectivity index (χ2v) is 10.5. The first-order valence-corrected chi connectivity index (χ1v) is 12.7. The number of hydrogen-bond donors (Lipinski definition) is 1. The van der Waals surface area contributed by atoms with Gasteiger partial charge in [-0.25, -0.2) is 4.79 Å². The number of fused-ring (bicyclic) bond motifs is 1. The highest BCUT2D eigenvalue weighted by molar-refractivity contribution is 5.82. The topological polar surface area (TPSA) is 85.3 Å². The summed E-state index contributed by atoms with van der Waals surface area (Å²) in [5.41, 5.74) is 2.56. The largest absolute Gasteiger partial charge is 0.528 e. The minimum atomic E-state index is -0.802. The summed E-state index contributed by atoms with van der Waals surface area (Å²) < 4.78 is 11.8. The Labute approximate surface area is 217 Å². The molecule has 0 saturated carbocycles. The van der Waals surface area contributed by atoms with Crippen LogP contribution in [0.15, 0.2) is 66.7 Å². The van der Waals surface area contributed by atoms with Crippen molar-refractivity contribution in [3.63, 3.8) is 0 Å². The number of piperidine rings is 1. The van der Waals surface area contributed by atoms with Crippen molar-refractivity contribution in [1.82, 2.24) is 5.06 Å². The van der Waals surface area contributed by atoms with E-state index in [2.05, 4.69) is 42.5 Å². The Morgan fingerprint density at radius 2 is 1.68 bits per heavy atom. The summed E-state index contributed by atoms with van der Waals surface area (Å²) in [5, 5.41) is 12.9. The van der Waals surface area contributed by atoms with Crippen LogP contribution in [0.2, 0.25) is 0 Å². The molecular weight excluding hydrogens is 470 g/mol. The van der Waals surface area contributed by atoms with Crippen molar-refractivity contribution in [2.75, 3.05) is 13.1 Å². The maximum absolute atomic E-state index is 12.3. The molecule has 0 radical (unpaired) electrons. The van der Waals surface area contributed by atoms with Gasteiger partial charge in [-0.3, -0.25) is 4.79 Å². The molecule has 0 aromatic heterocycles. The third-order valence-corrected chi connectivity index (χ3v) is 6.43. The van der Waals surface area contributed by atoms with E-state index in [1.807, 2.05) is 24.3 Å². The van der Waals surface area contributed by atoms with Crippen LogP contribution in [0, 0.1) is 0 Å². The second kappa shape index (κ2) is 11.8. The summed E-state index contributed by atoms with van der Waals surface area (Å²) in [4.78, 5) is 28.7. The first kappa shape index (κ1) is 26.6. The Bertz CT molecular complexity index is 1220. The lowest BCUT2D eigenvalue weighted by molar-refractivity contribution is -0.179. The number of carbonyl (C=O) groups is 2. The van der Waals surface area contributed by atoms with Gasteiger partial charge in [0, 0.05) is 18.9 Å². The molecule has 1 aliphatic heterocycles. The van der Waals surface area contributed by atoms with Crippen molar-refractivity contribution >= 4 is 22.9 Å². The van der Waals surface area contributed by atoms with Crippen molar-refractivity contribution in [2.24, 2.45) is 0 Å². The number of ether oxygens (including phenoxy) is 2. The van der Waals surface area contributed by atoms with Gasteiger partial charge in [0.25, 0.3) is 0 Å². The number of carbonyl (C=O) groups excluding carboxylic acids is 1. The highest BCUT2D eigenvalue weighted by atomic mass is 16.8. The molecule has 2 atom stereocenters. The third kappa shape index (κ3) is 7.78. The number of nitrogens with zero attached hydrogens (tertiary/aromatic N) is 1. The van der Waals surface area contributed by atoms with E-state index in [1.54, 1.807) is 25.8 Å². The second-order valence-electron chi connectivity index (χ2n) is 10.5. The quantitative estimate of drug-likeness (QED) is 0.370. The third-order valence-electron chi connectivity index (χ3n) is 6.43. The molecule has 0 spiro atoms. The lowest BCUT2D eigenvalue weighted by Gasteiger charge is -2.37. The van der Waals surface area contributed by atoms with Crippen LogP contribution in [0.5, 0.6) is 0 Å². The molecule has 3 aromatic carbocycles. The van der Waals surface area contributed by atoms with Gasteiger partial charge >= 0.3 is 12.1 Å². The molecule has 4 rings (SSSR count). The van der Waals surface area contributed by atoms with E-state index in [9.17, 15) is 9.59 Å². The zero-order valence-corrected chi connectivity index (χ0v) is 21.7. The molecule has 2 unspecified atom stereocenters. The van der Waals surface area contributed by atoms with Crippen LogP contribution in [0.3, 0.4) is 0 Å². The van der Waals surface area contributed by atoms with E-state index in [0.29, 0.717) is 26.1 Å². The minimum Gasteiger partial charge on any atom is -0.481 e. The number of hydroxylamine groups is 2. The molecular formula is C30H35NO6. The Morgan fingerprint density at radius 3 is 2.38 bits per heavy atom. The maximum Gasteiger partial charge on any atom is 0.528 e. The molecule has 7 heteroatoms. The average molecular weight is 506 g/mol. The van der Waals surface area contributed by atoms with Gasteiger partial charge in [0.05, 0.1) is 19.3 Å². The number of benzene rings is 3. The minimum absolute atomic E-state index is 0.104. The number of carboxylic acid groups (broad SMARTS) is 1. The van der Waals surface area contributed by atoms with Gasteiger partial charge in [0.1, 0.15) is 5.60 Å². The molecule has 3 aromatic rings. The predicted octanol–water partition coefficient (Wildman–Crippen LogP) is 6.10. The Kier molecular flexibility index (Phi) is 8.46. The molecule has 1 N–H and O–H groups in total. The van der Waals surface area contributed by atoms with Crippen LogP contribution in [-0.2, 0) is 32.1 Å². The monoisotopic (exact) mass is 505 g/mol. The summed E-state index contributed by atoms with van der Waals surface area (Å²) in [6, 6.07) is 22.6. The smallest absolute Gasteiger partial charge is 0.481 e. The van der Waals surface area contributed by atoms with Crippen molar-refractivity contribution in [3.05, 3.63) is 83.4 Å². The van der Waals surface area contributed by atoms with E-state index in [4.69, 9.17) is 19.4 Å². The maximum atomic E-state index is 12.3. The molecule has 1 aliphatic rings. The van der Waals surface area contributed by atoms with Gasteiger partial charge < -0.3 is 19.4 Å². The summed E-state index contributed by atoms with van der Waals surface area (Å²) in [6.07, 6.45) is 0.408. The lowest BCUT2D eigenvalue weighted by atomic mass is 9.87. The van der Waals surface area contributed by atoms with Crippen LogP contribution in [0.4, 0.5) is 4.79 Å². The average Bonchev–Trinajstić information content (AvgIpc) is 2.85. The first-order chi connectivity index (χ1) is 17.7. The number of carboxylic acids is 1. The van der Waals surface area contributed by atoms with E-state index in [-0.39, 0.29) is 18.4 Å².